The number of hydrogen-bond donors (Lipinski definition) is 1. The third-order valence-corrected chi connectivity index (χ3v) is 4.79. The Labute approximate surface area is 170 Å². The maximum absolute atomic E-state index is 5.75. The van der Waals surface area contributed by atoms with Crippen LogP contribution in [0.4, 0.5) is 5.82 Å². The van der Waals surface area contributed by atoms with E-state index in [0.29, 0.717) is 12.4 Å². The number of anilines is 1. The summed E-state index contributed by atoms with van der Waals surface area (Å²) in [4.78, 5) is 9.60. The average Bonchev–Trinajstić information content (AvgIpc) is 2.79. The van der Waals surface area contributed by atoms with Crippen LogP contribution in [0.2, 0.25) is 0 Å². The molecule has 5 nitrogen and oxygen atoms in total. The molecule has 3 aromatic carbocycles. The number of benzene rings is 3. The van der Waals surface area contributed by atoms with Crippen molar-refractivity contribution in [2.75, 3.05) is 19.5 Å². The second-order valence-corrected chi connectivity index (χ2v) is 6.68. The van der Waals surface area contributed by atoms with Gasteiger partial charge in [-0.25, -0.2) is 9.97 Å². The number of hydrogen-bond acceptors (Lipinski definition) is 5. The molecule has 4 aromatic rings. The van der Waals surface area contributed by atoms with Crippen molar-refractivity contribution < 1.29 is 9.47 Å². The summed E-state index contributed by atoms with van der Waals surface area (Å²) >= 11 is 0. The van der Waals surface area contributed by atoms with Gasteiger partial charge in [-0.15, -0.1) is 0 Å². The zero-order valence-corrected chi connectivity index (χ0v) is 16.5. The van der Waals surface area contributed by atoms with Gasteiger partial charge in [-0.2, -0.15) is 0 Å². The highest BCUT2D eigenvalue weighted by Gasteiger charge is 2.18. The SMILES string of the molecule is COc1cccc(CNc2nc(C(OC)c3ccccc3)nc3ccccc23)c1. The van der Waals surface area contributed by atoms with E-state index in [1.165, 1.54) is 0 Å². The first-order chi connectivity index (χ1) is 14.3. The molecule has 0 fully saturated rings. The molecule has 146 valence electrons. The lowest BCUT2D eigenvalue weighted by molar-refractivity contribution is 0.129. The van der Waals surface area contributed by atoms with E-state index in [4.69, 9.17) is 19.4 Å². The van der Waals surface area contributed by atoms with Crippen molar-refractivity contribution in [3.8, 4) is 5.75 Å². The van der Waals surface area contributed by atoms with Crippen LogP contribution in [-0.4, -0.2) is 24.2 Å². The van der Waals surface area contributed by atoms with Gasteiger partial charge in [0, 0.05) is 19.0 Å². The van der Waals surface area contributed by atoms with Gasteiger partial charge in [0.25, 0.3) is 0 Å². The molecule has 0 aliphatic heterocycles. The first kappa shape index (κ1) is 18.9. The number of rotatable bonds is 7. The number of nitrogens with zero attached hydrogens (tertiary/aromatic N) is 2. The van der Waals surface area contributed by atoms with Crippen molar-refractivity contribution in [1.29, 1.82) is 0 Å². The summed E-state index contributed by atoms with van der Waals surface area (Å²) < 4.78 is 11.1. The van der Waals surface area contributed by atoms with Gasteiger partial charge in [0.2, 0.25) is 0 Å². The van der Waals surface area contributed by atoms with Crippen molar-refractivity contribution in [3.63, 3.8) is 0 Å². The van der Waals surface area contributed by atoms with Crippen LogP contribution in [-0.2, 0) is 11.3 Å². The predicted molar refractivity (Wildman–Crippen MR) is 115 cm³/mol. The summed E-state index contributed by atoms with van der Waals surface area (Å²) in [5.74, 6) is 2.25. The normalized spacial score (nSPS) is 11.9. The fourth-order valence-electron chi connectivity index (χ4n) is 3.33. The van der Waals surface area contributed by atoms with Gasteiger partial charge in [-0.05, 0) is 35.4 Å². The Morgan fingerprint density at radius 3 is 2.45 bits per heavy atom. The minimum absolute atomic E-state index is 0.335. The van der Waals surface area contributed by atoms with Crippen LogP contribution in [0.15, 0.2) is 78.9 Å². The van der Waals surface area contributed by atoms with Crippen LogP contribution < -0.4 is 10.1 Å². The Balaban J connectivity index is 1.70. The Morgan fingerprint density at radius 1 is 0.862 bits per heavy atom. The lowest BCUT2D eigenvalue weighted by Crippen LogP contribution is -2.11. The molecule has 5 heteroatoms. The van der Waals surface area contributed by atoms with Crippen molar-refractivity contribution >= 4 is 16.7 Å². The van der Waals surface area contributed by atoms with E-state index in [1.54, 1.807) is 14.2 Å². The van der Waals surface area contributed by atoms with E-state index in [-0.39, 0.29) is 6.10 Å². The predicted octanol–water partition coefficient (Wildman–Crippen LogP) is 4.99. The van der Waals surface area contributed by atoms with Crippen molar-refractivity contribution in [1.82, 2.24) is 9.97 Å². The molecule has 1 atom stereocenters. The number of ether oxygens (including phenoxy) is 2. The third kappa shape index (κ3) is 4.20. The summed E-state index contributed by atoms with van der Waals surface area (Å²) in [6.45, 7) is 0.626. The van der Waals surface area contributed by atoms with E-state index in [1.807, 2.05) is 72.8 Å². The lowest BCUT2D eigenvalue weighted by Gasteiger charge is -2.17. The number of nitrogens with one attached hydrogen (secondary N) is 1. The molecular formula is C24H23N3O2. The molecule has 1 heterocycles. The molecule has 29 heavy (non-hydrogen) atoms. The van der Waals surface area contributed by atoms with Crippen molar-refractivity contribution in [3.05, 3.63) is 95.8 Å². The van der Waals surface area contributed by atoms with Crippen LogP contribution in [0.25, 0.3) is 10.9 Å². The van der Waals surface area contributed by atoms with Crippen LogP contribution >= 0.6 is 0 Å². The largest absolute Gasteiger partial charge is 0.497 e. The van der Waals surface area contributed by atoms with Crippen LogP contribution in [0.3, 0.4) is 0 Å². The van der Waals surface area contributed by atoms with E-state index >= 15 is 0 Å². The molecule has 0 saturated carbocycles. The minimum Gasteiger partial charge on any atom is -0.497 e. The summed E-state index contributed by atoms with van der Waals surface area (Å²) in [5.41, 5.74) is 3.01. The summed E-state index contributed by atoms with van der Waals surface area (Å²) in [5, 5.41) is 4.44. The third-order valence-electron chi connectivity index (χ3n) is 4.79. The molecule has 0 spiro atoms. The second-order valence-electron chi connectivity index (χ2n) is 6.68. The Morgan fingerprint density at radius 2 is 1.66 bits per heavy atom. The fourth-order valence-corrected chi connectivity index (χ4v) is 3.33. The zero-order chi connectivity index (χ0) is 20.1. The van der Waals surface area contributed by atoms with E-state index in [2.05, 4.69) is 11.4 Å². The molecule has 0 saturated heterocycles. The standard InChI is InChI=1S/C24H23N3O2/c1-28-19-12-8-9-17(15-19)16-25-23-20-13-6-7-14-21(20)26-24(27-23)22(29-2)18-10-4-3-5-11-18/h3-15,22H,16H2,1-2H3,(H,25,26,27). The topological polar surface area (TPSA) is 56.3 Å². The summed E-state index contributed by atoms with van der Waals surface area (Å²) in [6.07, 6.45) is -0.335. The summed E-state index contributed by atoms with van der Waals surface area (Å²) in [7, 11) is 3.35. The molecule has 1 aromatic heterocycles. The number of fused-ring (bicyclic) bond motifs is 1. The molecule has 0 bridgehead atoms. The minimum atomic E-state index is -0.335. The van der Waals surface area contributed by atoms with E-state index < -0.39 is 0 Å². The molecule has 0 aliphatic carbocycles. The number of para-hydroxylation sites is 1. The van der Waals surface area contributed by atoms with Crippen LogP contribution in [0, 0.1) is 0 Å². The smallest absolute Gasteiger partial charge is 0.164 e. The molecule has 1 unspecified atom stereocenters. The highest BCUT2D eigenvalue weighted by Crippen LogP contribution is 2.28. The van der Waals surface area contributed by atoms with Crippen molar-refractivity contribution in [2.45, 2.75) is 12.6 Å². The van der Waals surface area contributed by atoms with E-state index in [9.17, 15) is 0 Å². The van der Waals surface area contributed by atoms with Crippen molar-refractivity contribution in [2.24, 2.45) is 0 Å². The summed E-state index contributed by atoms with van der Waals surface area (Å²) in [6, 6.07) is 26.0. The van der Waals surface area contributed by atoms with Gasteiger partial charge in [-0.1, -0.05) is 54.6 Å². The number of aromatic nitrogens is 2. The molecule has 1 N–H and O–H groups in total. The highest BCUT2D eigenvalue weighted by molar-refractivity contribution is 5.89. The maximum atomic E-state index is 5.75. The second kappa shape index (κ2) is 8.71. The fraction of sp³-hybridized carbons (Fsp3) is 0.167. The van der Waals surface area contributed by atoms with Gasteiger partial charge < -0.3 is 14.8 Å². The average molecular weight is 385 g/mol. The monoisotopic (exact) mass is 385 g/mol. The molecule has 4 rings (SSSR count). The van der Waals surface area contributed by atoms with Gasteiger partial charge >= 0.3 is 0 Å². The highest BCUT2D eigenvalue weighted by atomic mass is 16.5. The first-order valence-corrected chi connectivity index (χ1v) is 9.49. The van der Waals surface area contributed by atoms with E-state index in [0.717, 1.165) is 33.6 Å². The first-order valence-electron chi connectivity index (χ1n) is 9.49. The zero-order valence-electron chi connectivity index (χ0n) is 16.5. The Kier molecular flexibility index (Phi) is 5.68. The Hall–Kier alpha value is -3.44. The van der Waals surface area contributed by atoms with Gasteiger partial charge in [0.15, 0.2) is 5.82 Å². The lowest BCUT2D eigenvalue weighted by atomic mass is 10.1. The van der Waals surface area contributed by atoms with Crippen LogP contribution in [0.1, 0.15) is 23.1 Å². The molecular weight excluding hydrogens is 362 g/mol. The number of methoxy groups -OCH3 is 2. The Bertz CT molecular complexity index is 1100. The van der Waals surface area contributed by atoms with Gasteiger partial charge in [0.05, 0.1) is 12.6 Å². The molecule has 0 amide bonds. The van der Waals surface area contributed by atoms with Gasteiger partial charge in [0.1, 0.15) is 17.7 Å². The maximum Gasteiger partial charge on any atom is 0.164 e. The van der Waals surface area contributed by atoms with Gasteiger partial charge in [-0.3, -0.25) is 0 Å². The molecule has 0 aliphatic rings. The quantitative estimate of drug-likeness (QED) is 0.486. The van der Waals surface area contributed by atoms with Crippen LogP contribution in [0.5, 0.6) is 5.75 Å². The molecule has 0 radical (unpaired) electrons.